The summed E-state index contributed by atoms with van der Waals surface area (Å²) >= 11 is 0. The largest absolute Gasteiger partial charge is 0.396 e. The van der Waals surface area contributed by atoms with E-state index in [1.807, 2.05) is 39.0 Å². The number of hydrogen-bond donors (Lipinski definition) is 3. The van der Waals surface area contributed by atoms with Crippen LogP contribution < -0.4 is 5.32 Å². The van der Waals surface area contributed by atoms with Crippen LogP contribution in [0.25, 0.3) is 11.0 Å². The van der Waals surface area contributed by atoms with Crippen LogP contribution in [0.3, 0.4) is 0 Å². The van der Waals surface area contributed by atoms with Gasteiger partial charge in [0.1, 0.15) is 5.82 Å². The van der Waals surface area contributed by atoms with Gasteiger partial charge in [-0.2, -0.15) is 0 Å². The fourth-order valence-electron chi connectivity index (χ4n) is 2.30. The number of aromatic amines is 1. The molecule has 0 spiro atoms. The van der Waals surface area contributed by atoms with Gasteiger partial charge in [0.15, 0.2) is 0 Å². The van der Waals surface area contributed by atoms with Crippen molar-refractivity contribution in [1.29, 1.82) is 0 Å². The lowest BCUT2D eigenvalue weighted by molar-refractivity contribution is -0.120. The van der Waals surface area contributed by atoms with Gasteiger partial charge in [-0.1, -0.05) is 19.9 Å². The number of amides is 1. The minimum atomic E-state index is -0.0234. The second-order valence-corrected chi connectivity index (χ2v) is 5.84. The Morgan fingerprint density at radius 2 is 2.19 bits per heavy atom. The summed E-state index contributed by atoms with van der Waals surface area (Å²) in [5, 5.41) is 12.1. The molecule has 0 aliphatic carbocycles. The maximum Gasteiger partial charge on any atom is 0.224 e. The Labute approximate surface area is 124 Å². The van der Waals surface area contributed by atoms with E-state index in [1.165, 1.54) is 0 Å². The molecule has 1 amide bonds. The summed E-state index contributed by atoms with van der Waals surface area (Å²) in [6.45, 7) is 6.60. The van der Waals surface area contributed by atoms with Crippen LogP contribution in [0.2, 0.25) is 0 Å². The number of aliphatic hydroxyl groups is 1. The lowest BCUT2D eigenvalue weighted by Gasteiger charge is -2.18. The molecule has 114 valence electrons. The fraction of sp³-hybridized carbons (Fsp3) is 0.500. The van der Waals surface area contributed by atoms with Gasteiger partial charge in [0.05, 0.1) is 17.5 Å². The van der Waals surface area contributed by atoms with E-state index in [9.17, 15) is 9.90 Å². The zero-order valence-electron chi connectivity index (χ0n) is 12.8. The number of hydrogen-bond acceptors (Lipinski definition) is 3. The second-order valence-electron chi connectivity index (χ2n) is 5.84. The van der Waals surface area contributed by atoms with Gasteiger partial charge in [-0.15, -0.1) is 0 Å². The number of H-pyrrole nitrogens is 1. The Hall–Kier alpha value is -1.88. The molecule has 0 aliphatic heterocycles. The van der Waals surface area contributed by atoms with Crippen molar-refractivity contribution in [3.8, 4) is 0 Å². The van der Waals surface area contributed by atoms with Crippen molar-refractivity contribution in [2.24, 2.45) is 11.8 Å². The van der Waals surface area contributed by atoms with Crippen LogP contribution in [0, 0.1) is 18.8 Å². The lowest BCUT2D eigenvalue weighted by Crippen LogP contribution is -2.34. The summed E-state index contributed by atoms with van der Waals surface area (Å²) < 4.78 is 0. The maximum absolute atomic E-state index is 12.0. The van der Waals surface area contributed by atoms with Gasteiger partial charge < -0.3 is 15.4 Å². The Kier molecular flexibility index (Phi) is 4.96. The first-order valence-electron chi connectivity index (χ1n) is 7.32. The monoisotopic (exact) mass is 289 g/mol. The third-order valence-corrected chi connectivity index (χ3v) is 3.77. The first kappa shape index (κ1) is 15.5. The zero-order chi connectivity index (χ0) is 15.4. The number of fused-ring (bicyclic) bond motifs is 1. The molecule has 2 aromatic rings. The van der Waals surface area contributed by atoms with Gasteiger partial charge in [0.25, 0.3) is 0 Å². The highest BCUT2D eigenvalue weighted by Crippen LogP contribution is 2.14. The molecule has 1 aromatic carbocycles. The van der Waals surface area contributed by atoms with Crippen molar-refractivity contribution in [3.63, 3.8) is 0 Å². The number of imidazole rings is 1. The van der Waals surface area contributed by atoms with Crippen LogP contribution in [-0.4, -0.2) is 34.1 Å². The van der Waals surface area contributed by atoms with E-state index in [4.69, 9.17) is 0 Å². The molecule has 0 radical (unpaired) electrons. The Morgan fingerprint density at radius 1 is 1.43 bits per heavy atom. The van der Waals surface area contributed by atoms with Crippen molar-refractivity contribution < 1.29 is 9.90 Å². The average molecular weight is 289 g/mol. The van der Waals surface area contributed by atoms with Gasteiger partial charge in [-0.3, -0.25) is 4.79 Å². The van der Waals surface area contributed by atoms with Gasteiger partial charge in [0.2, 0.25) is 5.91 Å². The van der Waals surface area contributed by atoms with E-state index in [0.29, 0.717) is 18.9 Å². The summed E-state index contributed by atoms with van der Waals surface area (Å²) in [6.07, 6.45) is 0.338. The zero-order valence-corrected chi connectivity index (χ0v) is 12.8. The number of benzene rings is 1. The number of aliphatic hydroxyl groups excluding tert-OH is 1. The molecule has 0 saturated carbocycles. The molecular formula is C16H23N3O2. The molecule has 3 N–H and O–H groups in total. The first-order chi connectivity index (χ1) is 9.99. The number of rotatable bonds is 6. The minimum Gasteiger partial charge on any atom is -0.396 e. The van der Waals surface area contributed by atoms with E-state index in [2.05, 4.69) is 15.3 Å². The highest BCUT2D eigenvalue weighted by atomic mass is 16.3. The minimum absolute atomic E-state index is 0.0234. The maximum atomic E-state index is 12.0. The van der Waals surface area contributed by atoms with Crippen LogP contribution in [0.1, 0.15) is 25.2 Å². The molecule has 5 heteroatoms. The molecule has 0 fully saturated rings. The molecule has 2 rings (SSSR count). The number of nitrogens with zero attached hydrogens (tertiary/aromatic N) is 1. The van der Waals surface area contributed by atoms with E-state index < -0.39 is 0 Å². The second kappa shape index (κ2) is 6.72. The van der Waals surface area contributed by atoms with E-state index >= 15 is 0 Å². The van der Waals surface area contributed by atoms with Crippen LogP contribution in [-0.2, 0) is 11.2 Å². The highest BCUT2D eigenvalue weighted by molar-refractivity contribution is 5.81. The SMILES string of the molecule is Cc1nc2ccc(CC(=O)NC[C@@H](CO)C(C)C)cc2[nH]1. The lowest BCUT2D eigenvalue weighted by atomic mass is 9.97. The first-order valence-corrected chi connectivity index (χ1v) is 7.32. The summed E-state index contributed by atoms with van der Waals surface area (Å²) in [7, 11) is 0. The number of carbonyl (C=O) groups excluding carboxylic acids is 1. The summed E-state index contributed by atoms with van der Waals surface area (Å²) in [4.78, 5) is 19.5. The van der Waals surface area contributed by atoms with Crippen molar-refractivity contribution in [2.75, 3.05) is 13.2 Å². The predicted octanol–water partition coefficient (Wildman–Crippen LogP) is 1.79. The van der Waals surface area contributed by atoms with E-state index in [0.717, 1.165) is 22.4 Å². The molecule has 0 aliphatic rings. The smallest absolute Gasteiger partial charge is 0.224 e. The third-order valence-electron chi connectivity index (χ3n) is 3.77. The molecule has 1 atom stereocenters. The molecule has 1 aromatic heterocycles. The number of carbonyl (C=O) groups is 1. The average Bonchev–Trinajstić information content (AvgIpc) is 2.78. The number of aromatic nitrogens is 2. The van der Waals surface area contributed by atoms with Crippen LogP contribution in [0.4, 0.5) is 0 Å². The van der Waals surface area contributed by atoms with Gasteiger partial charge >= 0.3 is 0 Å². The Morgan fingerprint density at radius 3 is 2.86 bits per heavy atom. The molecule has 5 nitrogen and oxygen atoms in total. The van der Waals surface area contributed by atoms with Crippen LogP contribution >= 0.6 is 0 Å². The van der Waals surface area contributed by atoms with E-state index in [1.54, 1.807) is 0 Å². The van der Waals surface area contributed by atoms with Crippen LogP contribution in [0.5, 0.6) is 0 Å². The quantitative estimate of drug-likeness (QED) is 0.758. The molecule has 21 heavy (non-hydrogen) atoms. The molecule has 1 heterocycles. The molecule has 0 saturated heterocycles. The number of nitrogens with one attached hydrogen (secondary N) is 2. The normalized spacial score (nSPS) is 12.8. The third kappa shape index (κ3) is 4.04. The summed E-state index contributed by atoms with van der Waals surface area (Å²) in [5.74, 6) is 1.30. The van der Waals surface area contributed by atoms with Crippen molar-refractivity contribution in [1.82, 2.24) is 15.3 Å². The Bertz CT molecular complexity index is 619. The fourth-order valence-corrected chi connectivity index (χ4v) is 2.30. The standard InChI is InChI=1S/C16H23N3O2/c1-10(2)13(9-20)8-17-16(21)7-12-4-5-14-15(6-12)19-11(3)18-14/h4-6,10,13,20H,7-9H2,1-3H3,(H,17,21)(H,18,19)/t13-/m0/s1. The van der Waals surface area contributed by atoms with Crippen molar-refractivity contribution in [3.05, 3.63) is 29.6 Å². The van der Waals surface area contributed by atoms with Gasteiger partial charge in [-0.05, 0) is 30.5 Å². The highest BCUT2D eigenvalue weighted by Gasteiger charge is 2.13. The Balaban J connectivity index is 1.94. The summed E-state index contributed by atoms with van der Waals surface area (Å²) in [6, 6.07) is 5.81. The molecule has 0 bridgehead atoms. The molecule has 0 unspecified atom stereocenters. The summed E-state index contributed by atoms with van der Waals surface area (Å²) in [5.41, 5.74) is 2.82. The predicted molar refractivity (Wildman–Crippen MR) is 83.0 cm³/mol. The van der Waals surface area contributed by atoms with Crippen LogP contribution in [0.15, 0.2) is 18.2 Å². The van der Waals surface area contributed by atoms with Crippen molar-refractivity contribution >= 4 is 16.9 Å². The van der Waals surface area contributed by atoms with Crippen molar-refractivity contribution in [2.45, 2.75) is 27.2 Å². The van der Waals surface area contributed by atoms with Gasteiger partial charge in [-0.25, -0.2) is 4.98 Å². The number of aryl methyl sites for hydroxylation is 1. The topological polar surface area (TPSA) is 78.0 Å². The van der Waals surface area contributed by atoms with Gasteiger partial charge in [0, 0.05) is 19.1 Å². The van der Waals surface area contributed by atoms with E-state index in [-0.39, 0.29) is 18.4 Å². The molecular weight excluding hydrogens is 266 g/mol.